The Morgan fingerprint density at radius 1 is 0.531 bits per heavy atom. The fourth-order valence-corrected chi connectivity index (χ4v) is 4.82. The minimum Gasteiger partial charge on any atom is -0.412 e. The molecule has 0 aliphatic carbocycles. The summed E-state index contributed by atoms with van der Waals surface area (Å²) in [5, 5.41) is 2.83. The molecule has 0 aliphatic heterocycles. The molecule has 2 nitrogen and oxygen atoms in total. The third-order valence-corrected chi connectivity index (χ3v) is 6.94. The van der Waals surface area contributed by atoms with Gasteiger partial charge in [-0.25, -0.2) is 0 Å². The van der Waals surface area contributed by atoms with Crippen molar-refractivity contribution in [1.29, 1.82) is 0 Å². The lowest BCUT2D eigenvalue weighted by molar-refractivity contribution is 0.295. The van der Waals surface area contributed by atoms with Gasteiger partial charge in [0.05, 0.1) is 0 Å². The van der Waals surface area contributed by atoms with Crippen molar-refractivity contribution in [3.63, 3.8) is 0 Å². The maximum absolute atomic E-state index is 2.55. The molecule has 0 heterocycles. The summed E-state index contributed by atoms with van der Waals surface area (Å²) in [4.78, 5) is 2.55. The van der Waals surface area contributed by atoms with Crippen LogP contribution in [0.5, 0.6) is 0 Å². The zero-order valence-corrected chi connectivity index (χ0v) is 21.2. The molecule has 2 aromatic carbocycles. The highest BCUT2D eigenvalue weighted by atomic mass is 16.0. The second-order valence-corrected chi connectivity index (χ2v) is 9.36. The molecular weight excluding hydrogens is 390 g/mol. The molecule has 0 amide bonds. The molecule has 2 N–H and O–H groups in total. The van der Waals surface area contributed by atoms with Gasteiger partial charge in [-0.1, -0.05) is 133 Å². The van der Waals surface area contributed by atoms with Crippen LogP contribution in [0, 0.1) is 0 Å². The predicted molar refractivity (Wildman–Crippen MR) is 144 cm³/mol. The van der Waals surface area contributed by atoms with Crippen molar-refractivity contribution >= 4 is 10.8 Å². The Bertz CT molecular complexity index is 674. The summed E-state index contributed by atoms with van der Waals surface area (Å²) >= 11 is 0. The summed E-state index contributed by atoms with van der Waals surface area (Å²) in [5.74, 6) is 0. The number of rotatable bonds is 19. The van der Waals surface area contributed by atoms with Crippen molar-refractivity contribution in [3.8, 4) is 0 Å². The maximum atomic E-state index is 2.55. The van der Waals surface area contributed by atoms with Crippen LogP contribution < -0.4 is 0 Å². The Hall–Kier alpha value is -1.38. The lowest BCUT2D eigenvalue weighted by Crippen LogP contribution is -2.23. The third-order valence-electron chi connectivity index (χ3n) is 6.94. The highest BCUT2D eigenvalue weighted by Gasteiger charge is 2.01. The van der Waals surface area contributed by atoms with Crippen LogP contribution in [0.2, 0.25) is 0 Å². The van der Waals surface area contributed by atoms with E-state index >= 15 is 0 Å². The Labute approximate surface area is 199 Å². The van der Waals surface area contributed by atoms with E-state index in [4.69, 9.17) is 0 Å². The van der Waals surface area contributed by atoms with Crippen molar-refractivity contribution in [3.05, 3.63) is 48.0 Å². The lowest BCUT2D eigenvalue weighted by Gasteiger charge is -2.17. The van der Waals surface area contributed by atoms with E-state index in [0.29, 0.717) is 0 Å². The zero-order valence-electron chi connectivity index (χ0n) is 21.2. The first-order valence-electron chi connectivity index (χ1n) is 13.5. The Balaban J connectivity index is 0.00000512. The van der Waals surface area contributed by atoms with Gasteiger partial charge in [0.1, 0.15) is 0 Å². The SMILES string of the molecule is CCN(CC)CCCCCCCCCCCCCCCCc1cccc2ccccc12.O. The number of nitrogens with zero attached hydrogens (tertiary/aromatic N) is 1. The minimum atomic E-state index is 0. The quantitative estimate of drug-likeness (QED) is 0.202. The highest BCUT2D eigenvalue weighted by Crippen LogP contribution is 2.21. The molecular formula is C30H51NO. The molecule has 2 aromatic rings. The Morgan fingerprint density at radius 2 is 1.00 bits per heavy atom. The van der Waals surface area contributed by atoms with Gasteiger partial charge in [0.25, 0.3) is 0 Å². The van der Waals surface area contributed by atoms with Crippen molar-refractivity contribution in [2.75, 3.05) is 19.6 Å². The van der Waals surface area contributed by atoms with Gasteiger partial charge in [-0.2, -0.15) is 0 Å². The van der Waals surface area contributed by atoms with Gasteiger partial charge in [-0.15, -0.1) is 0 Å². The van der Waals surface area contributed by atoms with Crippen molar-refractivity contribution in [2.24, 2.45) is 0 Å². The summed E-state index contributed by atoms with van der Waals surface area (Å²) in [6, 6.07) is 15.6. The topological polar surface area (TPSA) is 34.7 Å². The lowest BCUT2D eigenvalue weighted by atomic mass is 9.99. The number of hydrogen-bond acceptors (Lipinski definition) is 1. The monoisotopic (exact) mass is 441 g/mol. The van der Waals surface area contributed by atoms with Crippen molar-refractivity contribution < 1.29 is 5.48 Å². The summed E-state index contributed by atoms with van der Waals surface area (Å²) in [6.07, 6.45) is 21.2. The maximum Gasteiger partial charge on any atom is -0.00190 e. The van der Waals surface area contributed by atoms with E-state index in [2.05, 4.69) is 61.2 Å². The zero-order chi connectivity index (χ0) is 22.0. The first-order valence-corrected chi connectivity index (χ1v) is 13.5. The van der Waals surface area contributed by atoms with E-state index in [0.717, 1.165) is 0 Å². The van der Waals surface area contributed by atoms with Gasteiger partial charge in [0, 0.05) is 0 Å². The summed E-state index contributed by atoms with van der Waals surface area (Å²) < 4.78 is 0. The first kappa shape index (κ1) is 28.7. The van der Waals surface area contributed by atoms with E-state index < -0.39 is 0 Å². The fraction of sp³-hybridized carbons (Fsp3) is 0.667. The van der Waals surface area contributed by atoms with Gasteiger partial charge >= 0.3 is 0 Å². The van der Waals surface area contributed by atoms with Gasteiger partial charge < -0.3 is 10.4 Å². The van der Waals surface area contributed by atoms with Crippen LogP contribution in [0.4, 0.5) is 0 Å². The minimum absolute atomic E-state index is 0. The number of hydrogen-bond donors (Lipinski definition) is 0. The van der Waals surface area contributed by atoms with Crippen LogP contribution in [0.3, 0.4) is 0 Å². The van der Waals surface area contributed by atoms with Gasteiger partial charge in [0.15, 0.2) is 0 Å². The average molecular weight is 442 g/mol. The molecule has 32 heavy (non-hydrogen) atoms. The second kappa shape index (κ2) is 19.1. The molecule has 182 valence electrons. The van der Waals surface area contributed by atoms with Crippen LogP contribution in [-0.4, -0.2) is 30.0 Å². The van der Waals surface area contributed by atoms with E-state index in [-0.39, 0.29) is 5.48 Å². The van der Waals surface area contributed by atoms with Crippen LogP contribution in [0.25, 0.3) is 10.8 Å². The van der Waals surface area contributed by atoms with Gasteiger partial charge in [0.2, 0.25) is 0 Å². The number of unbranched alkanes of at least 4 members (excludes halogenated alkanes) is 13. The average Bonchev–Trinajstić information content (AvgIpc) is 2.81. The van der Waals surface area contributed by atoms with Crippen LogP contribution in [-0.2, 0) is 6.42 Å². The Kier molecular flexibility index (Phi) is 17.1. The summed E-state index contributed by atoms with van der Waals surface area (Å²) in [6.45, 7) is 8.27. The van der Waals surface area contributed by atoms with Gasteiger partial charge in [-0.05, 0) is 55.2 Å². The molecule has 0 unspecified atom stereocenters. The van der Waals surface area contributed by atoms with E-state index in [1.807, 2.05) is 0 Å². The molecule has 0 spiro atoms. The molecule has 2 heteroatoms. The predicted octanol–water partition coefficient (Wildman–Crippen LogP) is 8.36. The van der Waals surface area contributed by atoms with Gasteiger partial charge in [-0.3, -0.25) is 0 Å². The summed E-state index contributed by atoms with van der Waals surface area (Å²) in [5.41, 5.74) is 1.53. The van der Waals surface area contributed by atoms with Crippen molar-refractivity contribution in [1.82, 2.24) is 4.90 Å². The van der Waals surface area contributed by atoms with Crippen molar-refractivity contribution in [2.45, 2.75) is 110 Å². The normalized spacial score (nSPS) is 11.2. The number of aryl methyl sites for hydroxylation is 1. The molecule has 0 fully saturated rings. The van der Waals surface area contributed by atoms with E-state index in [1.54, 1.807) is 0 Å². The first-order chi connectivity index (χ1) is 15.3. The third kappa shape index (κ3) is 12.0. The molecule has 0 saturated heterocycles. The highest BCUT2D eigenvalue weighted by molar-refractivity contribution is 5.85. The van der Waals surface area contributed by atoms with Crippen LogP contribution in [0.15, 0.2) is 42.5 Å². The molecule has 2 rings (SSSR count). The molecule has 0 radical (unpaired) electrons. The smallest absolute Gasteiger partial charge is 0.00190 e. The second-order valence-electron chi connectivity index (χ2n) is 9.36. The number of fused-ring (bicyclic) bond motifs is 1. The molecule has 0 aliphatic rings. The molecule has 0 atom stereocenters. The number of benzene rings is 2. The standard InChI is InChI=1S/C30H49N.H2O/c1-3-31(4-2)27-20-16-14-12-10-8-6-5-7-9-11-13-15-17-22-28-24-21-25-29-23-18-19-26-30(28)29;/h18-19,21,23-26H,3-17,20,22,27H2,1-2H3;1H2. The largest absolute Gasteiger partial charge is 0.412 e. The van der Waals surface area contributed by atoms with Crippen LogP contribution >= 0.6 is 0 Å². The van der Waals surface area contributed by atoms with E-state index in [1.165, 1.54) is 132 Å². The van der Waals surface area contributed by atoms with Crippen LogP contribution in [0.1, 0.15) is 109 Å². The van der Waals surface area contributed by atoms with E-state index in [9.17, 15) is 0 Å². The fourth-order valence-electron chi connectivity index (χ4n) is 4.82. The molecule has 0 saturated carbocycles. The summed E-state index contributed by atoms with van der Waals surface area (Å²) in [7, 11) is 0. The Morgan fingerprint density at radius 3 is 1.56 bits per heavy atom. The molecule has 0 aromatic heterocycles. The molecule has 0 bridgehead atoms.